The van der Waals surface area contributed by atoms with Crippen molar-refractivity contribution in [2.45, 2.75) is 4.90 Å². The van der Waals surface area contributed by atoms with Crippen LogP contribution < -0.4 is 9.74 Å². The Bertz CT molecular complexity index is 1380. The molecule has 0 N–H and O–H groups in total. The van der Waals surface area contributed by atoms with E-state index in [2.05, 4.69) is 10.1 Å². The van der Waals surface area contributed by atoms with Crippen LogP contribution >= 0.6 is 23.2 Å². The van der Waals surface area contributed by atoms with Crippen molar-refractivity contribution in [2.75, 3.05) is 0 Å². The van der Waals surface area contributed by atoms with E-state index in [1.54, 1.807) is 30.5 Å². The second kappa shape index (κ2) is 7.47. The molecule has 2 aromatic heterocycles. The van der Waals surface area contributed by atoms with Gasteiger partial charge in [0.2, 0.25) is 0 Å². The predicted octanol–water partition coefficient (Wildman–Crippen LogP) is 3.86. The van der Waals surface area contributed by atoms with Gasteiger partial charge in [0.15, 0.2) is 5.75 Å². The van der Waals surface area contributed by atoms with Crippen LogP contribution in [0.4, 0.5) is 0 Å². The molecule has 2 aromatic carbocycles. The van der Waals surface area contributed by atoms with Crippen molar-refractivity contribution in [3.8, 4) is 11.4 Å². The maximum absolute atomic E-state index is 12.7. The normalized spacial score (nSPS) is 11.5. The molecule has 10 heteroatoms. The van der Waals surface area contributed by atoms with E-state index in [4.69, 9.17) is 27.4 Å². The number of rotatable bonds is 4. The molecule has 0 aliphatic heterocycles. The number of halogens is 2. The van der Waals surface area contributed by atoms with Gasteiger partial charge in [-0.3, -0.25) is 9.78 Å². The van der Waals surface area contributed by atoms with Crippen LogP contribution in [0.15, 0.2) is 76.7 Å². The molecule has 146 valence electrons. The van der Waals surface area contributed by atoms with E-state index >= 15 is 0 Å². The van der Waals surface area contributed by atoms with Crippen LogP contribution in [-0.2, 0) is 10.1 Å². The minimum absolute atomic E-state index is 0.0317. The predicted molar refractivity (Wildman–Crippen MR) is 109 cm³/mol. The zero-order chi connectivity index (χ0) is 20.6. The Hall–Kier alpha value is -2.94. The van der Waals surface area contributed by atoms with Crippen LogP contribution in [-0.4, -0.2) is 23.2 Å². The van der Waals surface area contributed by atoms with Gasteiger partial charge in [0, 0.05) is 11.6 Å². The molecule has 0 aliphatic carbocycles. The van der Waals surface area contributed by atoms with Gasteiger partial charge in [-0.05, 0) is 36.4 Å². The quantitative estimate of drug-likeness (QED) is 0.441. The summed E-state index contributed by atoms with van der Waals surface area (Å²) in [6.07, 6.45) is 2.78. The highest BCUT2D eigenvalue weighted by Gasteiger charge is 2.19. The SMILES string of the molecule is O=c1c(Cl)c(Cl)cnn1-c1ccc(S(=O)(=O)Oc2cccc3cccnc23)cc1. The third-order valence-corrected chi connectivity index (χ3v) is 6.04. The molecule has 0 unspecified atom stereocenters. The first kappa shape index (κ1) is 19.4. The first-order chi connectivity index (χ1) is 13.9. The molecular weight excluding hydrogens is 437 g/mol. The van der Waals surface area contributed by atoms with Crippen LogP contribution in [0, 0.1) is 0 Å². The summed E-state index contributed by atoms with van der Waals surface area (Å²) >= 11 is 11.6. The summed E-state index contributed by atoms with van der Waals surface area (Å²) in [5.41, 5.74) is 0.133. The van der Waals surface area contributed by atoms with Crippen molar-refractivity contribution >= 4 is 44.2 Å². The number of benzene rings is 2. The van der Waals surface area contributed by atoms with Gasteiger partial charge >= 0.3 is 10.1 Å². The largest absolute Gasteiger partial charge is 0.377 e. The molecule has 0 spiro atoms. The number of aromatic nitrogens is 3. The molecule has 0 aliphatic rings. The maximum Gasteiger partial charge on any atom is 0.339 e. The molecule has 0 saturated carbocycles. The fraction of sp³-hybridized carbons (Fsp3) is 0. The lowest BCUT2D eigenvalue weighted by Gasteiger charge is -2.10. The topological polar surface area (TPSA) is 91.2 Å². The van der Waals surface area contributed by atoms with Crippen LogP contribution in [0.2, 0.25) is 10.0 Å². The minimum atomic E-state index is -4.12. The molecule has 29 heavy (non-hydrogen) atoms. The average Bonchev–Trinajstić information content (AvgIpc) is 2.72. The van der Waals surface area contributed by atoms with Gasteiger partial charge in [0.1, 0.15) is 15.4 Å². The van der Waals surface area contributed by atoms with Crippen molar-refractivity contribution in [1.82, 2.24) is 14.8 Å². The summed E-state index contributed by atoms with van der Waals surface area (Å²) in [4.78, 5) is 16.3. The molecule has 0 bridgehead atoms. The summed E-state index contributed by atoms with van der Waals surface area (Å²) < 4.78 is 31.7. The van der Waals surface area contributed by atoms with Crippen molar-refractivity contribution in [2.24, 2.45) is 0 Å². The van der Waals surface area contributed by atoms with E-state index in [-0.39, 0.29) is 20.7 Å². The number of para-hydroxylation sites is 1. The molecule has 0 atom stereocenters. The van der Waals surface area contributed by atoms with Crippen LogP contribution in [0.5, 0.6) is 5.75 Å². The van der Waals surface area contributed by atoms with Gasteiger partial charge < -0.3 is 4.18 Å². The van der Waals surface area contributed by atoms with Gasteiger partial charge in [-0.15, -0.1) is 0 Å². The minimum Gasteiger partial charge on any atom is -0.377 e. The van der Waals surface area contributed by atoms with Gasteiger partial charge in [0.25, 0.3) is 5.56 Å². The Morgan fingerprint density at radius 3 is 2.45 bits per heavy atom. The van der Waals surface area contributed by atoms with E-state index in [9.17, 15) is 13.2 Å². The van der Waals surface area contributed by atoms with Crippen molar-refractivity contribution in [1.29, 1.82) is 0 Å². The first-order valence-electron chi connectivity index (χ1n) is 8.19. The average molecular weight is 448 g/mol. The van der Waals surface area contributed by atoms with Gasteiger partial charge in [-0.1, -0.05) is 41.4 Å². The van der Waals surface area contributed by atoms with E-state index in [1.807, 2.05) is 0 Å². The van der Waals surface area contributed by atoms with Gasteiger partial charge in [-0.2, -0.15) is 18.2 Å². The first-order valence-corrected chi connectivity index (χ1v) is 10.4. The molecule has 2 heterocycles. The van der Waals surface area contributed by atoms with E-state index in [0.717, 1.165) is 10.1 Å². The van der Waals surface area contributed by atoms with Crippen LogP contribution in [0.25, 0.3) is 16.6 Å². The number of pyridine rings is 1. The number of hydrogen-bond donors (Lipinski definition) is 0. The molecule has 4 rings (SSSR count). The second-order valence-corrected chi connectivity index (χ2v) is 8.22. The zero-order valence-corrected chi connectivity index (χ0v) is 16.8. The van der Waals surface area contributed by atoms with E-state index < -0.39 is 15.7 Å². The highest BCUT2D eigenvalue weighted by Crippen LogP contribution is 2.26. The summed E-state index contributed by atoms with van der Waals surface area (Å²) in [6.45, 7) is 0. The van der Waals surface area contributed by atoms with Gasteiger partial charge in [0.05, 0.1) is 16.9 Å². The third-order valence-electron chi connectivity index (χ3n) is 4.04. The lowest BCUT2D eigenvalue weighted by molar-refractivity contribution is 0.488. The maximum atomic E-state index is 12.7. The lowest BCUT2D eigenvalue weighted by Crippen LogP contribution is -2.21. The van der Waals surface area contributed by atoms with Crippen LogP contribution in [0.3, 0.4) is 0 Å². The summed E-state index contributed by atoms with van der Waals surface area (Å²) in [5.74, 6) is 0.120. The van der Waals surface area contributed by atoms with Crippen molar-refractivity contribution in [3.63, 3.8) is 0 Å². The Kier molecular flexibility index (Phi) is 4.99. The summed E-state index contributed by atoms with van der Waals surface area (Å²) in [5, 5.41) is 4.51. The number of fused-ring (bicyclic) bond motifs is 1. The van der Waals surface area contributed by atoms with E-state index in [1.165, 1.54) is 36.5 Å². The standard InChI is InChI=1S/C19H11Cl2N3O4S/c20-15-11-23-24(19(25)17(15)21)13-6-8-14(9-7-13)29(26,27)28-16-5-1-3-12-4-2-10-22-18(12)16/h1-11H. The lowest BCUT2D eigenvalue weighted by atomic mass is 10.2. The zero-order valence-electron chi connectivity index (χ0n) is 14.5. The second-order valence-electron chi connectivity index (χ2n) is 5.89. The van der Waals surface area contributed by atoms with Crippen molar-refractivity contribution < 1.29 is 12.6 Å². The van der Waals surface area contributed by atoms with Crippen molar-refractivity contribution in [3.05, 3.63) is 87.4 Å². The molecule has 4 aromatic rings. The fourth-order valence-corrected chi connectivity index (χ4v) is 3.85. The Morgan fingerprint density at radius 2 is 1.69 bits per heavy atom. The number of hydrogen-bond acceptors (Lipinski definition) is 6. The van der Waals surface area contributed by atoms with Crippen LogP contribution in [0.1, 0.15) is 0 Å². The Labute approximate surface area is 175 Å². The molecule has 0 radical (unpaired) electrons. The monoisotopic (exact) mass is 447 g/mol. The molecular formula is C19H11Cl2N3O4S. The molecule has 7 nitrogen and oxygen atoms in total. The Morgan fingerprint density at radius 1 is 0.966 bits per heavy atom. The highest BCUT2D eigenvalue weighted by molar-refractivity contribution is 7.87. The fourth-order valence-electron chi connectivity index (χ4n) is 2.66. The number of nitrogens with zero attached hydrogens (tertiary/aromatic N) is 3. The molecule has 0 saturated heterocycles. The highest BCUT2D eigenvalue weighted by atomic mass is 35.5. The summed E-state index contributed by atoms with van der Waals surface area (Å²) in [6, 6.07) is 14.0. The Balaban J connectivity index is 1.68. The molecule has 0 fully saturated rings. The van der Waals surface area contributed by atoms with E-state index in [0.29, 0.717) is 11.2 Å². The smallest absolute Gasteiger partial charge is 0.339 e. The molecule has 0 amide bonds. The summed E-state index contributed by atoms with van der Waals surface area (Å²) in [7, 11) is -4.12. The van der Waals surface area contributed by atoms with Gasteiger partial charge in [-0.25, -0.2) is 0 Å². The third kappa shape index (κ3) is 3.69.